The van der Waals surface area contributed by atoms with Gasteiger partial charge in [-0.05, 0) is 68.3 Å². The van der Waals surface area contributed by atoms with Crippen molar-refractivity contribution in [3.63, 3.8) is 0 Å². The molecule has 31 heavy (non-hydrogen) atoms. The van der Waals surface area contributed by atoms with Crippen LogP contribution in [0.2, 0.25) is 0 Å². The van der Waals surface area contributed by atoms with Crippen molar-refractivity contribution in [3.8, 4) is 0 Å². The first-order valence-corrected chi connectivity index (χ1v) is 11.3. The van der Waals surface area contributed by atoms with Gasteiger partial charge in [-0.1, -0.05) is 38.8 Å². The maximum atomic E-state index is 13.1. The minimum absolute atomic E-state index is 0.140. The van der Waals surface area contributed by atoms with Gasteiger partial charge in [0.2, 0.25) is 0 Å². The Bertz CT molecular complexity index is 1170. The third kappa shape index (κ3) is 5.34. The largest absolute Gasteiger partial charge is 0.345 e. The quantitative estimate of drug-likeness (QED) is 0.402. The summed E-state index contributed by atoms with van der Waals surface area (Å²) in [6.45, 7) is 5.61. The highest BCUT2D eigenvalue weighted by molar-refractivity contribution is 9.10. The summed E-state index contributed by atoms with van der Waals surface area (Å²) in [6, 6.07) is 12.4. The standard InChI is InChI=1S/C22H22Br2N4O3/c1-4-13(3)25-21(30)22(31)27-28-18-8-6-16(24)10-14(18)11-19(28)20(29)26-17-7-5-15(23)9-12(17)2/h5-11,13H,4H2,1-3H3,(H,25,30)(H,26,29)(H,27,31)/t13-/m1/s1. The Balaban J connectivity index is 1.95. The molecule has 0 bridgehead atoms. The van der Waals surface area contributed by atoms with Crippen molar-refractivity contribution < 1.29 is 14.4 Å². The molecule has 0 saturated carbocycles. The third-order valence-electron chi connectivity index (χ3n) is 4.84. The monoisotopic (exact) mass is 548 g/mol. The fourth-order valence-electron chi connectivity index (χ4n) is 2.97. The molecule has 2 aromatic carbocycles. The molecule has 1 heterocycles. The van der Waals surface area contributed by atoms with E-state index in [1.807, 2.05) is 39.0 Å². The van der Waals surface area contributed by atoms with E-state index in [0.29, 0.717) is 17.6 Å². The van der Waals surface area contributed by atoms with E-state index >= 15 is 0 Å². The second-order valence-corrected chi connectivity index (χ2v) is 9.04. The molecular formula is C22H22Br2N4O3. The van der Waals surface area contributed by atoms with Crippen LogP contribution in [0.3, 0.4) is 0 Å². The van der Waals surface area contributed by atoms with Crippen LogP contribution in [-0.2, 0) is 9.59 Å². The average molecular weight is 550 g/mol. The van der Waals surface area contributed by atoms with E-state index in [1.54, 1.807) is 24.3 Å². The van der Waals surface area contributed by atoms with Gasteiger partial charge in [0, 0.05) is 26.1 Å². The molecule has 9 heteroatoms. The van der Waals surface area contributed by atoms with E-state index in [0.717, 1.165) is 19.9 Å². The number of amides is 3. The zero-order valence-corrected chi connectivity index (χ0v) is 20.4. The van der Waals surface area contributed by atoms with E-state index in [1.165, 1.54) is 4.68 Å². The molecule has 7 nitrogen and oxygen atoms in total. The fraction of sp³-hybridized carbons (Fsp3) is 0.227. The molecule has 0 saturated heterocycles. The van der Waals surface area contributed by atoms with Gasteiger partial charge in [0.15, 0.2) is 0 Å². The van der Waals surface area contributed by atoms with Crippen LogP contribution in [0.15, 0.2) is 51.4 Å². The number of nitrogens with one attached hydrogen (secondary N) is 3. The van der Waals surface area contributed by atoms with Gasteiger partial charge in [-0.25, -0.2) is 4.68 Å². The topological polar surface area (TPSA) is 92.2 Å². The Hall–Kier alpha value is -2.65. The summed E-state index contributed by atoms with van der Waals surface area (Å²) < 4.78 is 3.07. The van der Waals surface area contributed by atoms with Crippen molar-refractivity contribution >= 4 is 66.2 Å². The lowest BCUT2D eigenvalue weighted by molar-refractivity contribution is -0.137. The zero-order valence-electron chi connectivity index (χ0n) is 17.3. The summed E-state index contributed by atoms with van der Waals surface area (Å²) in [4.78, 5) is 37.8. The summed E-state index contributed by atoms with van der Waals surface area (Å²) >= 11 is 6.82. The molecular weight excluding hydrogens is 528 g/mol. The van der Waals surface area contributed by atoms with Crippen LogP contribution in [0.25, 0.3) is 10.9 Å². The molecule has 3 N–H and O–H groups in total. The van der Waals surface area contributed by atoms with Crippen LogP contribution in [0, 0.1) is 6.92 Å². The van der Waals surface area contributed by atoms with Gasteiger partial charge in [0.1, 0.15) is 5.69 Å². The number of carbonyl (C=O) groups excluding carboxylic acids is 3. The van der Waals surface area contributed by atoms with Crippen LogP contribution < -0.4 is 16.1 Å². The number of hydrogen-bond acceptors (Lipinski definition) is 3. The van der Waals surface area contributed by atoms with E-state index < -0.39 is 17.7 Å². The molecule has 0 aliphatic rings. The number of fused-ring (bicyclic) bond motifs is 1. The number of nitrogens with zero attached hydrogens (tertiary/aromatic N) is 1. The molecule has 0 aliphatic carbocycles. The number of aryl methyl sites for hydroxylation is 1. The van der Waals surface area contributed by atoms with E-state index in [4.69, 9.17) is 0 Å². The molecule has 0 unspecified atom stereocenters. The van der Waals surface area contributed by atoms with Crippen molar-refractivity contribution in [1.82, 2.24) is 9.99 Å². The highest BCUT2D eigenvalue weighted by Gasteiger charge is 2.22. The van der Waals surface area contributed by atoms with Crippen molar-refractivity contribution in [2.75, 3.05) is 10.7 Å². The second-order valence-electron chi connectivity index (χ2n) is 7.21. The normalized spacial score (nSPS) is 11.8. The molecule has 0 radical (unpaired) electrons. The SMILES string of the molecule is CC[C@@H](C)NC(=O)C(=O)Nn1c(C(=O)Nc2ccc(Br)cc2C)cc2cc(Br)ccc21. The van der Waals surface area contributed by atoms with E-state index in [-0.39, 0.29) is 11.7 Å². The van der Waals surface area contributed by atoms with E-state index in [2.05, 4.69) is 47.9 Å². The van der Waals surface area contributed by atoms with Crippen LogP contribution in [0.1, 0.15) is 36.3 Å². The van der Waals surface area contributed by atoms with Crippen LogP contribution >= 0.6 is 31.9 Å². The summed E-state index contributed by atoms with van der Waals surface area (Å²) in [5.41, 5.74) is 4.86. The van der Waals surface area contributed by atoms with Crippen LogP contribution in [0.5, 0.6) is 0 Å². The molecule has 162 valence electrons. The first-order chi connectivity index (χ1) is 14.7. The third-order valence-corrected chi connectivity index (χ3v) is 5.83. The molecule has 0 spiro atoms. The minimum atomic E-state index is -0.852. The molecule has 1 atom stereocenters. The summed E-state index contributed by atoms with van der Waals surface area (Å²) in [5.74, 6) is -2.03. The summed E-state index contributed by atoms with van der Waals surface area (Å²) in [5, 5.41) is 6.22. The van der Waals surface area contributed by atoms with Gasteiger partial charge >= 0.3 is 11.8 Å². The van der Waals surface area contributed by atoms with Crippen molar-refractivity contribution in [1.29, 1.82) is 0 Å². The summed E-state index contributed by atoms with van der Waals surface area (Å²) in [6.07, 6.45) is 0.694. The number of hydrogen-bond donors (Lipinski definition) is 3. The Labute approximate surface area is 196 Å². The van der Waals surface area contributed by atoms with Gasteiger partial charge < -0.3 is 10.6 Å². The molecule has 3 rings (SSSR count). The lowest BCUT2D eigenvalue weighted by Gasteiger charge is -2.15. The number of benzene rings is 2. The molecule has 1 aromatic heterocycles. The molecule has 3 aromatic rings. The fourth-order valence-corrected chi connectivity index (χ4v) is 3.83. The summed E-state index contributed by atoms with van der Waals surface area (Å²) in [7, 11) is 0. The Morgan fingerprint density at radius 3 is 2.35 bits per heavy atom. The Morgan fingerprint density at radius 1 is 1.00 bits per heavy atom. The van der Waals surface area contributed by atoms with Crippen molar-refractivity contribution in [2.45, 2.75) is 33.2 Å². The van der Waals surface area contributed by atoms with Gasteiger partial charge in [0.05, 0.1) is 5.52 Å². The van der Waals surface area contributed by atoms with Crippen LogP contribution in [0.4, 0.5) is 5.69 Å². The number of anilines is 1. The van der Waals surface area contributed by atoms with Gasteiger partial charge in [-0.3, -0.25) is 19.8 Å². The van der Waals surface area contributed by atoms with Crippen molar-refractivity contribution in [3.05, 3.63) is 62.7 Å². The molecule has 0 fully saturated rings. The second kappa shape index (κ2) is 9.65. The van der Waals surface area contributed by atoms with Gasteiger partial charge in [-0.15, -0.1) is 0 Å². The lowest BCUT2D eigenvalue weighted by atomic mass is 10.2. The Morgan fingerprint density at radius 2 is 1.68 bits per heavy atom. The zero-order chi connectivity index (χ0) is 22.7. The number of rotatable bonds is 5. The minimum Gasteiger partial charge on any atom is -0.345 e. The highest BCUT2D eigenvalue weighted by Crippen LogP contribution is 2.25. The highest BCUT2D eigenvalue weighted by atomic mass is 79.9. The predicted molar refractivity (Wildman–Crippen MR) is 129 cm³/mol. The smallest absolute Gasteiger partial charge is 0.328 e. The maximum absolute atomic E-state index is 13.1. The number of halogens is 2. The lowest BCUT2D eigenvalue weighted by Crippen LogP contribution is -2.43. The first-order valence-electron chi connectivity index (χ1n) is 9.70. The van der Waals surface area contributed by atoms with Crippen molar-refractivity contribution in [2.24, 2.45) is 0 Å². The van der Waals surface area contributed by atoms with Crippen LogP contribution in [-0.4, -0.2) is 28.4 Å². The maximum Gasteiger partial charge on any atom is 0.328 e. The first kappa shape index (κ1) is 23.0. The molecule has 0 aliphatic heterocycles. The van der Waals surface area contributed by atoms with Gasteiger partial charge in [0.25, 0.3) is 5.91 Å². The predicted octanol–water partition coefficient (Wildman–Crippen LogP) is 4.71. The average Bonchev–Trinajstić information content (AvgIpc) is 3.07. The Kier molecular flexibility index (Phi) is 7.17. The van der Waals surface area contributed by atoms with Gasteiger partial charge in [-0.2, -0.15) is 0 Å². The number of aromatic nitrogens is 1. The number of carbonyl (C=O) groups is 3. The molecule has 3 amide bonds. The van der Waals surface area contributed by atoms with E-state index in [9.17, 15) is 14.4 Å².